The number of rotatable bonds is 5. The van der Waals surface area contributed by atoms with Crippen LogP contribution >= 0.6 is 11.6 Å². The van der Waals surface area contributed by atoms with Crippen LogP contribution in [0.4, 0.5) is 20.2 Å². The van der Waals surface area contributed by atoms with E-state index in [2.05, 4.69) is 10.0 Å². The summed E-state index contributed by atoms with van der Waals surface area (Å²) in [6.07, 6.45) is 0. The number of hydrogen-bond acceptors (Lipinski definition) is 3. The van der Waals surface area contributed by atoms with Crippen molar-refractivity contribution >= 4 is 38.9 Å². The van der Waals surface area contributed by atoms with Gasteiger partial charge in [0.2, 0.25) is 0 Å². The van der Waals surface area contributed by atoms with Crippen molar-refractivity contribution in [2.45, 2.75) is 4.90 Å². The maximum absolute atomic E-state index is 13.7. The number of hydrogen-bond donors (Lipinski definition) is 2. The molecule has 0 aliphatic heterocycles. The highest BCUT2D eigenvalue weighted by Gasteiger charge is 2.18. The zero-order valence-electron chi connectivity index (χ0n) is 14.1. The molecule has 1 amide bonds. The summed E-state index contributed by atoms with van der Waals surface area (Å²) in [5.74, 6) is -3.36. The first-order chi connectivity index (χ1) is 13.3. The summed E-state index contributed by atoms with van der Waals surface area (Å²) < 4.78 is 54.5. The van der Waals surface area contributed by atoms with Crippen LogP contribution in [0, 0.1) is 11.6 Å². The molecular formula is C19H13ClF2N2O3S. The molecule has 3 aromatic rings. The van der Waals surface area contributed by atoms with E-state index in [1.54, 1.807) is 12.1 Å². The van der Waals surface area contributed by atoms with Gasteiger partial charge in [-0.2, -0.15) is 0 Å². The number of benzene rings is 3. The van der Waals surface area contributed by atoms with Crippen molar-refractivity contribution in [1.29, 1.82) is 0 Å². The summed E-state index contributed by atoms with van der Waals surface area (Å²) in [6, 6.07) is 14.8. The van der Waals surface area contributed by atoms with Gasteiger partial charge in [-0.3, -0.25) is 9.52 Å². The molecular weight excluding hydrogens is 410 g/mol. The van der Waals surface area contributed by atoms with Crippen LogP contribution in [0.25, 0.3) is 0 Å². The smallest absolute Gasteiger partial charge is 0.262 e. The third-order valence-corrected chi connectivity index (χ3v) is 5.41. The number of carbonyl (C=O) groups excluding carboxylic acids is 1. The first-order valence-corrected chi connectivity index (χ1v) is 9.77. The molecule has 0 heterocycles. The second kappa shape index (κ2) is 7.95. The predicted molar refractivity (Wildman–Crippen MR) is 103 cm³/mol. The van der Waals surface area contributed by atoms with Crippen molar-refractivity contribution in [2.75, 3.05) is 10.0 Å². The first kappa shape index (κ1) is 19.8. The summed E-state index contributed by atoms with van der Waals surface area (Å²) in [4.78, 5) is 12.0. The van der Waals surface area contributed by atoms with Gasteiger partial charge in [-0.1, -0.05) is 35.9 Å². The lowest BCUT2D eigenvalue weighted by Crippen LogP contribution is -2.16. The monoisotopic (exact) mass is 422 g/mol. The number of halogens is 3. The number of sulfonamides is 1. The van der Waals surface area contributed by atoms with Gasteiger partial charge in [0.05, 0.1) is 21.2 Å². The minimum Gasteiger partial charge on any atom is -0.322 e. The fraction of sp³-hybridized carbons (Fsp3) is 0. The molecule has 0 atom stereocenters. The third-order valence-electron chi connectivity index (χ3n) is 3.72. The van der Waals surface area contributed by atoms with E-state index in [-0.39, 0.29) is 21.3 Å². The van der Waals surface area contributed by atoms with Crippen LogP contribution in [0.1, 0.15) is 10.4 Å². The SMILES string of the molecule is O=C(Nc1cccc(S(=O)(=O)Nc2ccccc2Cl)c1)c1cccc(F)c1F. The first-order valence-electron chi connectivity index (χ1n) is 7.91. The summed E-state index contributed by atoms with van der Waals surface area (Å²) in [5, 5.41) is 2.57. The van der Waals surface area contributed by atoms with Crippen molar-refractivity contribution in [3.8, 4) is 0 Å². The zero-order valence-corrected chi connectivity index (χ0v) is 15.7. The molecule has 0 spiro atoms. The lowest BCUT2D eigenvalue weighted by Gasteiger charge is -2.11. The van der Waals surface area contributed by atoms with Gasteiger partial charge in [-0.25, -0.2) is 17.2 Å². The van der Waals surface area contributed by atoms with Gasteiger partial charge in [0.1, 0.15) is 0 Å². The van der Waals surface area contributed by atoms with E-state index in [0.29, 0.717) is 0 Å². The molecule has 0 fully saturated rings. The average molecular weight is 423 g/mol. The number of amides is 1. The maximum Gasteiger partial charge on any atom is 0.262 e. The summed E-state index contributed by atoms with van der Waals surface area (Å²) in [6.45, 7) is 0. The summed E-state index contributed by atoms with van der Waals surface area (Å²) in [7, 11) is -3.99. The van der Waals surface area contributed by atoms with E-state index in [9.17, 15) is 22.0 Å². The average Bonchev–Trinajstić information content (AvgIpc) is 2.66. The van der Waals surface area contributed by atoms with Crippen molar-refractivity contribution in [2.24, 2.45) is 0 Å². The van der Waals surface area contributed by atoms with Crippen molar-refractivity contribution < 1.29 is 22.0 Å². The quantitative estimate of drug-likeness (QED) is 0.627. The Labute approximate surface area is 165 Å². The molecule has 5 nitrogen and oxygen atoms in total. The van der Waals surface area contributed by atoms with Gasteiger partial charge in [-0.15, -0.1) is 0 Å². The summed E-state index contributed by atoms with van der Waals surface area (Å²) in [5.41, 5.74) is -0.210. The molecule has 9 heteroatoms. The van der Waals surface area contributed by atoms with Crippen molar-refractivity contribution in [3.05, 3.63) is 89.0 Å². The number of para-hydroxylation sites is 1. The Balaban J connectivity index is 1.85. The molecule has 0 radical (unpaired) electrons. The topological polar surface area (TPSA) is 75.3 Å². The van der Waals surface area contributed by atoms with E-state index in [4.69, 9.17) is 11.6 Å². The van der Waals surface area contributed by atoms with Crippen LogP contribution < -0.4 is 10.0 Å². The molecule has 2 N–H and O–H groups in total. The third kappa shape index (κ3) is 4.29. The largest absolute Gasteiger partial charge is 0.322 e. The fourth-order valence-corrected chi connectivity index (χ4v) is 3.73. The minimum atomic E-state index is -3.99. The summed E-state index contributed by atoms with van der Waals surface area (Å²) >= 11 is 5.96. The van der Waals surface area contributed by atoms with Gasteiger partial charge in [0.25, 0.3) is 15.9 Å². The highest BCUT2D eigenvalue weighted by molar-refractivity contribution is 7.92. The lowest BCUT2D eigenvalue weighted by atomic mass is 10.2. The molecule has 0 bridgehead atoms. The van der Waals surface area contributed by atoms with Gasteiger partial charge in [0.15, 0.2) is 11.6 Å². The van der Waals surface area contributed by atoms with Gasteiger partial charge in [0, 0.05) is 5.69 Å². The molecule has 0 saturated carbocycles. The highest BCUT2D eigenvalue weighted by Crippen LogP contribution is 2.25. The maximum atomic E-state index is 13.7. The number of nitrogens with one attached hydrogen (secondary N) is 2. The Morgan fingerprint density at radius 3 is 2.39 bits per heavy atom. The van der Waals surface area contributed by atoms with Crippen LogP contribution in [0.3, 0.4) is 0 Å². The standard InChI is InChI=1S/C19H13ClF2N2O3S/c20-15-8-1-2-10-17(15)24-28(26,27)13-6-3-5-12(11-13)23-19(25)14-7-4-9-16(21)18(14)22/h1-11,24H,(H,23,25). The van der Waals surface area contributed by atoms with Crippen LogP contribution in [0.2, 0.25) is 5.02 Å². The second-order valence-electron chi connectivity index (χ2n) is 5.67. The Bertz CT molecular complexity index is 1150. The van der Waals surface area contributed by atoms with Gasteiger partial charge >= 0.3 is 0 Å². The van der Waals surface area contributed by atoms with Crippen LogP contribution in [-0.2, 0) is 10.0 Å². The molecule has 3 rings (SSSR count). The van der Waals surface area contributed by atoms with Crippen LogP contribution in [-0.4, -0.2) is 14.3 Å². The van der Waals surface area contributed by atoms with E-state index in [1.165, 1.54) is 42.5 Å². The Morgan fingerprint density at radius 2 is 1.64 bits per heavy atom. The fourth-order valence-electron chi connectivity index (χ4n) is 2.37. The van der Waals surface area contributed by atoms with E-state index >= 15 is 0 Å². The molecule has 28 heavy (non-hydrogen) atoms. The van der Waals surface area contributed by atoms with Gasteiger partial charge in [-0.05, 0) is 42.5 Å². The predicted octanol–water partition coefficient (Wildman–Crippen LogP) is 4.67. The van der Waals surface area contributed by atoms with Crippen molar-refractivity contribution in [3.63, 3.8) is 0 Å². The second-order valence-corrected chi connectivity index (χ2v) is 7.76. The Kier molecular flexibility index (Phi) is 5.62. The molecule has 0 aromatic heterocycles. The molecule has 0 saturated heterocycles. The molecule has 144 valence electrons. The number of anilines is 2. The molecule has 0 aliphatic rings. The Hall–Kier alpha value is -2.97. The van der Waals surface area contributed by atoms with Crippen LogP contribution in [0.15, 0.2) is 71.6 Å². The van der Waals surface area contributed by atoms with Gasteiger partial charge < -0.3 is 5.32 Å². The minimum absolute atomic E-state index is 0.0932. The molecule has 3 aromatic carbocycles. The van der Waals surface area contributed by atoms with E-state index in [0.717, 1.165) is 12.1 Å². The van der Waals surface area contributed by atoms with E-state index in [1.807, 2.05) is 0 Å². The van der Waals surface area contributed by atoms with Crippen LogP contribution in [0.5, 0.6) is 0 Å². The van der Waals surface area contributed by atoms with Crippen molar-refractivity contribution in [1.82, 2.24) is 0 Å². The highest BCUT2D eigenvalue weighted by atomic mass is 35.5. The Morgan fingerprint density at radius 1 is 0.929 bits per heavy atom. The molecule has 0 unspecified atom stereocenters. The van der Waals surface area contributed by atoms with E-state index < -0.39 is 33.1 Å². The molecule has 0 aliphatic carbocycles. The normalized spacial score (nSPS) is 11.1. The zero-order chi connectivity index (χ0) is 20.3. The lowest BCUT2D eigenvalue weighted by molar-refractivity contribution is 0.102. The number of carbonyl (C=O) groups is 1.